The van der Waals surface area contributed by atoms with E-state index in [-0.39, 0.29) is 17.9 Å². The van der Waals surface area contributed by atoms with Crippen molar-refractivity contribution < 1.29 is 48.7 Å². The highest BCUT2D eigenvalue weighted by molar-refractivity contribution is 5.78. The second kappa shape index (κ2) is 13.0. The van der Waals surface area contributed by atoms with Gasteiger partial charge in [0.15, 0.2) is 0 Å². The van der Waals surface area contributed by atoms with E-state index in [2.05, 4.69) is 4.98 Å². The number of ether oxygens (including phenoxy) is 3. The van der Waals surface area contributed by atoms with Crippen LogP contribution in [0.25, 0.3) is 16.6 Å². The molecule has 0 aliphatic carbocycles. The van der Waals surface area contributed by atoms with Crippen LogP contribution in [-0.4, -0.2) is 67.7 Å². The Morgan fingerprint density at radius 1 is 0.884 bits per heavy atom. The Morgan fingerprint density at radius 2 is 1.49 bits per heavy atom. The third-order valence-corrected chi connectivity index (χ3v) is 7.46. The molecule has 0 unspecified atom stereocenters. The highest BCUT2D eigenvalue weighted by Gasteiger charge is 2.49. The van der Waals surface area contributed by atoms with E-state index in [4.69, 9.17) is 14.2 Å². The fourth-order valence-corrected chi connectivity index (χ4v) is 5.61. The van der Waals surface area contributed by atoms with Crippen LogP contribution in [0, 0.1) is 31.6 Å². The Kier molecular flexibility index (Phi) is 9.44. The van der Waals surface area contributed by atoms with Gasteiger partial charge in [0.05, 0.1) is 35.5 Å². The minimum Gasteiger partial charge on any atom is -0.481 e. The maximum Gasteiger partial charge on any atom is 0.303 e. The average molecular weight is 597 g/mol. The van der Waals surface area contributed by atoms with Crippen LogP contribution in [0.4, 0.5) is 0 Å². The van der Waals surface area contributed by atoms with Gasteiger partial charge in [-0.3, -0.25) is 28.5 Å². The summed E-state index contributed by atoms with van der Waals surface area (Å²) in [4.78, 5) is 64.7. The summed E-state index contributed by atoms with van der Waals surface area (Å²) >= 11 is 0. The zero-order chi connectivity index (χ0) is 31.4. The summed E-state index contributed by atoms with van der Waals surface area (Å²) in [7, 11) is 0. The lowest BCUT2D eigenvalue weighted by atomic mass is 9.71. The SMILES string of the molecule is CC(=O)OC[C@H]1O[C@@H](Oc2ccc(-n3c(C)nc4ccc(C)cc4c3=O)cc2)[C@@H](CC(=O)O)[C@H](CC(=O)O)[C@@H]1CC(=O)O. The maximum absolute atomic E-state index is 13.3. The summed E-state index contributed by atoms with van der Waals surface area (Å²) in [6.45, 7) is 4.36. The molecule has 13 nitrogen and oxygen atoms in total. The first-order valence-electron chi connectivity index (χ1n) is 13.5. The Bertz CT molecular complexity index is 1600. The summed E-state index contributed by atoms with van der Waals surface area (Å²) in [6, 6.07) is 11.7. The zero-order valence-corrected chi connectivity index (χ0v) is 23.8. The van der Waals surface area contributed by atoms with Crippen molar-refractivity contribution >= 4 is 34.8 Å². The molecule has 0 amide bonds. The Labute approximate surface area is 245 Å². The van der Waals surface area contributed by atoms with E-state index < -0.39 is 73.3 Å². The fraction of sp³-hybridized carbons (Fsp3) is 0.400. The number of carboxylic acids is 3. The number of aromatic nitrogens is 2. The number of hydrogen-bond donors (Lipinski definition) is 3. The molecule has 1 aliphatic rings. The van der Waals surface area contributed by atoms with Crippen LogP contribution in [-0.2, 0) is 28.7 Å². The highest BCUT2D eigenvalue weighted by atomic mass is 16.7. The first-order chi connectivity index (χ1) is 20.3. The molecule has 13 heteroatoms. The number of aliphatic carboxylic acids is 3. The van der Waals surface area contributed by atoms with Gasteiger partial charge in [-0.05, 0) is 56.2 Å². The van der Waals surface area contributed by atoms with Crippen LogP contribution < -0.4 is 10.3 Å². The van der Waals surface area contributed by atoms with Gasteiger partial charge in [0, 0.05) is 25.2 Å². The van der Waals surface area contributed by atoms with Gasteiger partial charge >= 0.3 is 23.9 Å². The van der Waals surface area contributed by atoms with Crippen molar-refractivity contribution in [3.8, 4) is 11.4 Å². The number of fused-ring (bicyclic) bond motifs is 1. The molecule has 1 aliphatic heterocycles. The summed E-state index contributed by atoms with van der Waals surface area (Å²) in [6.07, 6.45) is -4.03. The van der Waals surface area contributed by atoms with Gasteiger partial charge < -0.3 is 29.5 Å². The van der Waals surface area contributed by atoms with Crippen molar-refractivity contribution in [2.24, 2.45) is 17.8 Å². The van der Waals surface area contributed by atoms with Gasteiger partial charge in [-0.25, -0.2) is 4.98 Å². The molecule has 43 heavy (non-hydrogen) atoms. The number of nitrogens with zero attached hydrogens (tertiary/aromatic N) is 2. The van der Waals surface area contributed by atoms with E-state index in [1.165, 1.54) is 4.57 Å². The maximum atomic E-state index is 13.3. The van der Waals surface area contributed by atoms with Gasteiger partial charge in [0.2, 0.25) is 6.29 Å². The molecule has 0 bridgehead atoms. The zero-order valence-electron chi connectivity index (χ0n) is 23.8. The van der Waals surface area contributed by atoms with E-state index in [9.17, 15) is 39.3 Å². The lowest BCUT2D eigenvalue weighted by molar-refractivity contribution is -0.237. The number of carbonyl (C=O) groups is 4. The molecule has 2 aromatic carbocycles. The summed E-state index contributed by atoms with van der Waals surface area (Å²) in [5.74, 6) is -6.75. The van der Waals surface area contributed by atoms with Crippen molar-refractivity contribution in [3.63, 3.8) is 0 Å². The number of carboxylic acid groups (broad SMARTS) is 3. The molecule has 0 radical (unpaired) electrons. The largest absolute Gasteiger partial charge is 0.481 e. The molecule has 1 saturated heterocycles. The minimum atomic E-state index is -1.31. The summed E-state index contributed by atoms with van der Waals surface area (Å²) in [5.41, 5.74) is 1.72. The second-order valence-corrected chi connectivity index (χ2v) is 10.6. The van der Waals surface area contributed by atoms with Crippen molar-refractivity contribution in [1.29, 1.82) is 0 Å². The predicted octanol–water partition coefficient (Wildman–Crippen LogP) is 2.94. The van der Waals surface area contributed by atoms with Crippen molar-refractivity contribution in [3.05, 3.63) is 64.2 Å². The fourth-order valence-electron chi connectivity index (χ4n) is 5.61. The lowest BCUT2D eigenvalue weighted by Crippen LogP contribution is -2.53. The average Bonchev–Trinajstić information content (AvgIpc) is 2.91. The molecule has 0 saturated carbocycles. The lowest BCUT2D eigenvalue weighted by Gasteiger charge is -2.45. The van der Waals surface area contributed by atoms with Crippen LogP contribution in [0.5, 0.6) is 5.75 Å². The van der Waals surface area contributed by atoms with Crippen LogP contribution in [0.1, 0.15) is 37.6 Å². The molecule has 4 rings (SSSR count). The first kappa shape index (κ1) is 31.2. The van der Waals surface area contributed by atoms with Crippen LogP contribution in [0.2, 0.25) is 0 Å². The molecular formula is C30H32N2O11. The Morgan fingerprint density at radius 3 is 2.09 bits per heavy atom. The third-order valence-electron chi connectivity index (χ3n) is 7.46. The monoisotopic (exact) mass is 596 g/mol. The summed E-state index contributed by atoms with van der Waals surface area (Å²) < 4.78 is 18.6. The number of carbonyl (C=O) groups excluding carboxylic acids is 1. The minimum absolute atomic E-state index is 0.219. The van der Waals surface area contributed by atoms with Crippen molar-refractivity contribution in [1.82, 2.24) is 9.55 Å². The molecule has 228 valence electrons. The number of hydrogen-bond acceptors (Lipinski definition) is 9. The van der Waals surface area contributed by atoms with Gasteiger partial charge in [-0.1, -0.05) is 11.6 Å². The quantitative estimate of drug-likeness (QED) is 0.275. The Balaban J connectivity index is 1.68. The van der Waals surface area contributed by atoms with Crippen LogP contribution in [0.15, 0.2) is 47.3 Å². The van der Waals surface area contributed by atoms with Crippen LogP contribution in [0.3, 0.4) is 0 Å². The predicted molar refractivity (Wildman–Crippen MR) is 150 cm³/mol. The molecule has 1 aromatic heterocycles. The van der Waals surface area contributed by atoms with Crippen molar-refractivity contribution in [2.75, 3.05) is 6.61 Å². The molecule has 3 N–H and O–H groups in total. The number of aryl methyl sites for hydroxylation is 2. The van der Waals surface area contributed by atoms with E-state index in [0.717, 1.165) is 12.5 Å². The Hall–Kier alpha value is -4.78. The first-order valence-corrected chi connectivity index (χ1v) is 13.5. The smallest absolute Gasteiger partial charge is 0.303 e. The van der Waals surface area contributed by atoms with E-state index >= 15 is 0 Å². The standard InChI is InChI=1S/C30H32N2O11/c1-15-4-9-24-23(10-15)29(40)32(16(2)31-24)18-5-7-19(8-6-18)42-30-22(13-28(38)39)20(11-26(34)35)21(12-27(36)37)25(43-30)14-41-17(3)33/h4-10,20-22,25,30H,11-14H2,1-3H3,(H,34,35)(H,36,37)(H,38,39)/t20-,21+,22+,25-,30-/m1/s1. The van der Waals surface area contributed by atoms with Gasteiger partial charge in [0.1, 0.15) is 18.2 Å². The van der Waals surface area contributed by atoms with Gasteiger partial charge in [-0.2, -0.15) is 0 Å². The van der Waals surface area contributed by atoms with E-state index in [0.29, 0.717) is 22.4 Å². The molecule has 1 fully saturated rings. The third kappa shape index (κ3) is 7.36. The number of rotatable bonds is 11. The molecule has 0 spiro atoms. The van der Waals surface area contributed by atoms with E-state index in [1.807, 2.05) is 13.0 Å². The normalized spacial score (nSPS) is 21.7. The van der Waals surface area contributed by atoms with Gasteiger partial charge in [-0.15, -0.1) is 0 Å². The molecular weight excluding hydrogens is 564 g/mol. The molecule has 3 aromatic rings. The second-order valence-electron chi connectivity index (χ2n) is 10.6. The molecule has 2 heterocycles. The van der Waals surface area contributed by atoms with E-state index in [1.54, 1.807) is 43.3 Å². The van der Waals surface area contributed by atoms with Crippen molar-refractivity contribution in [2.45, 2.75) is 52.4 Å². The van der Waals surface area contributed by atoms with Crippen LogP contribution >= 0.6 is 0 Å². The molecule has 5 atom stereocenters. The summed E-state index contributed by atoms with van der Waals surface area (Å²) in [5, 5.41) is 29.2. The number of esters is 1. The highest BCUT2D eigenvalue weighted by Crippen LogP contribution is 2.42. The van der Waals surface area contributed by atoms with Gasteiger partial charge in [0.25, 0.3) is 5.56 Å². The number of benzene rings is 2. The topological polar surface area (TPSA) is 192 Å².